The first kappa shape index (κ1) is 33.9. The Morgan fingerprint density at radius 3 is 2.13 bits per heavy atom. The molecule has 0 unspecified atom stereocenters. The van der Waals surface area contributed by atoms with Crippen LogP contribution in [0.2, 0.25) is 0 Å². The van der Waals surface area contributed by atoms with Gasteiger partial charge in [-0.3, -0.25) is 13.9 Å². The summed E-state index contributed by atoms with van der Waals surface area (Å²) in [6.07, 6.45) is 2.00. The van der Waals surface area contributed by atoms with Crippen LogP contribution in [0.4, 0.5) is 5.69 Å². The van der Waals surface area contributed by atoms with Crippen LogP contribution >= 0.6 is 15.9 Å². The summed E-state index contributed by atoms with van der Waals surface area (Å²) in [5.41, 5.74) is 4.02. The first-order valence-electron chi connectivity index (χ1n) is 15.1. The molecule has 0 fully saturated rings. The number of rotatable bonds is 14. The molecule has 2 amide bonds. The number of unbranched alkanes of at least 4 members (excludes halogenated alkanes) is 1. The van der Waals surface area contributed by atoms with E-state index < -0.39 is 28.5 Å². The lowest BCUT2D eigenvalue weighted by atomic mass is 10.0. The van der Waals surface area contributed by atoms with Crippen LogP contribution in [0.3, 0.4) is 0 Å². The van der Waals surface area contributed by atoms with E-state index >= 15 is 0 Å². The maximum atomic E-state index is 14.5. The number of amides is 2. The van der Waals surface area contributed by atoms with E-state index in [1.807, 2.05) is 75.4 Å². The average Bonchev–Trinajstić information content (AvgIpc) is 3.02. The Hall–Kier alpha value is -3.95. The standard InChI is InChI=1S/C36H40BrN3O4S/c1-4-5-22-38-36(42)34(24-29-11-7-6-8-12-29)39(25-30-13-9-10-28(3)23-30)35(41)26-40(32-18-16-31(37)17-19-32)45(43,44)33-20-14-27(2)15-21-33/h6-21,23,34H,4-5,22,24-26H2,1-3H3,(H,38,42)/t34-/m0/s1. The summed E-state index contributed by atoms with van der Waals surface area (Å²) < 4.78 is 30.2. The Morgan fingerprint density at radius 2 is 1.49 bits per heavy atom. The zero-order valence-electron chi connectivity index (χ0n) is 25.9. The summed E-state index contributed by atoms with van der Waals surface area (Å²) in [6.45, 7) is 6.04. The highest BCUT2D eigenvalue weighted by Gasteiger charge is 2.34. The molecular weight excluding hydrogens is 650 g/mol. The second kappa shape index (κ2) is 15.9. The van der Waals surface area contributed by atoms with Crippen molar-refractivity contribution in [2.24, 2.45) is 0 Å². The molecule has 0 aliphatic rings. The molecule has 0 radical (unpaired) electrons. The molecule has 0 aliphatic carbocycles. The Bertz CT molecular complexity index is 1680. The third-order valence-electron chi connectivity index (χ3n) is 7.54. The molecule has 0 aliphatic heterocycles. The number of nitrogens with zero attached hydrogens (tertiary/aromatic N) is 2. The van der Waals surface area contributed by atoms with Crippen LogP contribution in [-0.2, 0) is 32.6 Å². The second-order valence-corrected chi connectivity index (χ2v) is 13.9. The molecule has 4 aromatic rings. The Kier molecular flexibility index (Phi) is 12.0. The largest absolute Gasteiger partial charge is 0.354 e. The predicted octanol–water partition coefficient (Wildman–Crippen LogP) is 6.82. The van der Waals surface area contributed by atoms with Gasteiger partial charge in [-0.15, -0.1) is 0 Å². The van der Waals surface area contributed by atoms with Crippen molar-refractivity contribution in [3.63, 3.8) is 0 Å². The number of carbonyl (C=O) groups is 2. The van der Waals surface area contributed by atoms with E-state index in [-0.39, 0.29) is 23.8 Å². The van der Waals surface area contributed by atoms with E-state index in [1.165, 1.54) is 4.90 Å². The summed E-state index contributed by atoms with van der Waals surface area (Å²) in [4.78, 5) is 29.9. The maximum Gasteiger partial charge on any atom is 0.264 e. The topological polar surface area (TPSA) is 86.8 Å². The Morgan fingerprint density at radius 1 is 0.822 bits per heavy atom. The minimum absolute atomic E-state index is 0.0761. The SMILES string of the molecule is CCCCNC(=O)[C@H](Cc1ccccc1)N(Cc1cccc(C)c1)C(=O)CN(c1ccc(Br)cc1)S(=O)(=O)c1ccc(C)cc1. The van der Waals surface area contributed by atoms with Crippen molar-refractivity contribution in [1.82, 2.24) is 10.2 Å². The molecule has 0 saturated carbocycles. The first-order chi connectivity index (χ1) is 21.6. The maximum absolute atomic E-state index is 14.5. The van der Waals surface area contributed by atoms with Crippen LogP contribution in [0.25, 0.3) is 0 Å². The van der Waals surface area contributed by atoms with Crippen molar-refractivity contribution in [3.05, 3.63) is 130 Å². The summed E-state index contributed by atoms with van der Waals surface area (Å²) in [6, 6.07) is 29.8. The average molecular weight is 691 g/mol. The number of aryl methyl sites for hydroxylation is 2. The van der Waals surface area contributed by atoms with E-state index in [2.05, 4.69) is 21.2 Å². The number of hydrogen-bond acceptors (Lipinski definition) is 4. The minimum atomic E-state index is -4.14. The molecule has 0 spiro atoms. The highest BCUT2D eigenvalue weighted by Crippen LogP contribution is 2.27. The smallest absolute Gasteiger partial charge is 0.264 e. The number of carbonyl (C=O) groups excluding carboxylic acids is 2. The van der Waals surface area contributed by atoms with Crippen LogP contribution in [-0.4, -0.2) is 44.3 Å². The molecule has 1 N–H and O–H groups in total. The Labute approximate surface area is 275 Å². The lowest BCUT2D eigenvalue weighted by Gasteiger charge is -2.34. The number of nitrogens with one attached hydrogen (secondary N) is 1. The van der Waals surface area contributed by atoms with Gasteiger partial charge in [0.05, 0.1) is 10.6 Å². The third-order valence-corrected chi connectivity index (χ3v) is 9.86. The lowest BCUT2D eigenvalue weighted by molar-refractivity contribution is -0.140. The first-order valence-corrected chi connectivity index (χ1v) is 17.3. The van der Waals surface area contributed by atoms with Gasteiger partial charge in [-0.05, 0) is 67.8 Å². The summed E-state index contributed by atoms with van der Waals surface area (Å²) in [5, 5.41) is 3.02. The molecule has 0 heterocycles. The van der Waals surface area contributed by atoms with Gasteiger partial charge in [-0.25, -0.2) is 8.42 Å². The second-order valence-electron chi connectivity index (χ2n) is 11.2. The Balaban J connectivity index is 1.78. The zero-order chi connectivity index (χ0) is 32.4. The molecule has 0 bridgehead atoms. The number of hydrogen-bond donors (Lipinski definition) is 1. The van der Waals surface area contributed by atoms with E-state index in [0.717, 1.165) is 43.9 Å². The molecule has 4 aromatic carbocycles. The normalized spacial score (nSPS) is 11.9. The van der Waals surface area contributed by atoms with Crippen molar-refractivity contribution in [3.8, 4) is 0 Å². The van der Waals surface area contributed by atoms with E-state index in [9.17, 15) is 18.0 Å². The number of benzene rings is 4. The number of anilines is 1. The fourth-order valence-electron chi connectivity index (χ4n) is 5.04. The van der Waals surface area contributed by atoms with Crippen LogP contribution in [0, 0.1) is 13.8 Å². The van der Waals surface area contributed by atoms with E-state index in [0.29, 0.717) is 12.2 Å². The van der Waals surface area contributed by atoms with Gasteiger partial charge in [-0.1, -0.05) is 107 Å². The zero-order valence-corrected chi connectivity index (χ0v) is 28.4. The van der Waals surface area contributed by atoms with Crippen molar-refractivity contribution >= 4 is 43.5 Å². The number of halogens is 1. The summed E-state index contributed by atoms with van der Waals surface area (Å²) >= 11 is 3.42. The number of sulfonamides is 1. The van der Waals surface area contributed by atoms with Gasteiger partial charge in [0.15, 0.2) is 0 Å². The van der Waals surface area contributed by atoms with Gasteiger partial charge in [0.1, 0.15) is 12.6 Å². The van der Waals surface area contributed by atoms with Crippen molar-refractivity contribution in [2.75, 3.05) is 17.4 Å². The summed E-state index contributed by atoms with van der Waals surface area (Å²) in [7, 11) is -4.14. The fourth-order valence-corrected chi connectivity index (χ4v) is 6.72. The molecule has 45 heavy (non-hydrogen) atoms. The monoisotopic (exact) mass is 689 g/mol. The van der Waals surface area contributed by atoms with E-state index in [4.69, 9.17) is 0 Å². The highest BCUT2D eigenvalue weighted by atomic mass is 79.9. The molecule has 0 saturated heterocycles. The van der Waals surface area contributed by atoms with Crippen LogP contribution < -0.4 is 9.62 Å². The molecular formula is C36H40BrN3O4S. The molecule has 9 heteroatoms. The summed E-state index contributed by atoms with van der Waals surface area (Å²) in [5.74, 6) is -0.758. The predicted molar refractivity (Wildman–Crippen MR) is 183 cm³/mol. The van der Waals surface area contributed by atoms with Crippen molar-refractivity contribution in [1.29, 1.82) is 0 Å². The molecule has 7 nitrogen and oxygen atoms in total. The molecule has 1 atom stereocenters. The third kappa shape index (κ3) is 9.28. The fraction of sp³-hybridized carbons (Fsp3) is 0.278. The van der Waals surface area contributed by atoms with Crippen LogP contribution in [0.5, 0.6) is 0 Å². The van der Waals surface area contributed by atoms with Crippen molar-refractivity contribution in [2.45, 2.75) is 57.5 Å². The quantitative estimate of drug-likeness (QED) is 0.147. The van der Waals surface area contributed by atoms with Crippen LogP contribution in [0.15, 0.2) is 112 Å². The van der Waals surface area contributed by atoms with Crippen molar-refractivity contribution < 1.29 is 18.0 Å². The molecule has 236 valence electrons. The van der Waals surface area contributed by atoms with Gasteiger partial charge in [0, 0.05) is 24.0 Å². The van der Waals surface area contributed by atoms with Gasteiger partial charge in [-0.2, -0.15) is 0 Å². The molecule has 0 aromatic heterocycles. The highest BCUT2D eigenvalue weighted by molar-refractivity contribution is 9.10. The lowest BCUT2D eigenvalue weighted by Crippen LogP contribution is -2.53. The van der Waals surface area contributed by atoms with Crippen LogP contribution in [0.1, 0.15) is 42.0 Å². The molecule has 4 rings (SSSR count). The van der Waals surface area contributed by atoms with E-state index in [1.54, 1.807) is 48.5 Å². The van der Waals surface area contributed by atoms with Gasteiger partial charge in [0.25, 0.3) is 10.0 Å². The van der Waals surface area contributed by atoms with Gasteiger partial charge in [0.2, 0.25) is 11.8 Å². The van der Waals surface area contributed by atoms with Gasteiger partial charge >= 0.3 is 0 Å². The minimum Gasteiger partial charge on any atom is -0.354 e. The van der Waals surface area contributed by atoms with Gasteiger partial charge < -0.3 is 10.2 Å².